The second-order valence-corrected chi connectivity index (χ2v) is 8.69. The average Bonchev–Trinajstić information content (AvgIpc) is 3.14. The predicted octanol–water partition coefficient (Wildman–Crippen LogP) is 4.86. The molecule has 26 heavy (non-hydrogen) atoms. The highest BCUT2D eigenvalue weighted by Gasteiger charge is 2.16. The van der Waals surface area contributed by atoms with Gasteiger partial charge in [0.05, 0.1) is 7.11 Å². The van der Waals surface area contributed by atoms with Gasteiger partial charge in [-0.3, -0.25) is 4.72 Å². The molecule has 0 fully saturated rings. The van der Waals surface area contributed by atoms with Crippen molar-refractivity contribution >= 4 is 38.4 Å². The van der Waals surface area contributed by atoms with Crippen LogP contribution in [0.2, 0.25) is 0 Å². The Morgan fingerprint density at radius 3 is 2.35 bits per heavy atom. The van der Waals surface area contributed by atoms with Crippen molar-refractivity contribution in [1.82, 2.24) is 0 Å². The minimum Gasteiger partial charge on any atom is -0.497 e. The van der Waals surface area contributed by atoms with E-state index in [1.807, 2.05) is 49.4 Å². The molecule has 0 aliphatic heterocycles. The zero-order valence-electron chi connectivity index (χ0n) is 14.5. The molecule has 136 valence electrons. The highest BCUT2D eigenvalue weighted by atomic mass is 32.2. The summed E-state index contributed by atoms with van der Waals surface area (Å²) in [6.07, 6.45) is 0.824. The molecule has 2 N–H and O–H groups in total. The third kappa shape index (κ3) is 4.36. The van der Waals surface area contributed by atoms with Gasteiger partial charge in [0.25, 0.3) is 10.0 Å². The number of nitrogens with one attached hydrogen (secondary N) is 2. The minimum atomic E-state index is -3.55. The summed E-state index contributed by atoms with van der Waals surface area (Å²) in [5.41, 5.74) is 2.27. The minimum absolute atomic E-state index is 0.327. The Balaban J connectivity index is 1.71. The lowest BCUT2D eigenvalue weighted by atomic mass is 10.2. The number of rotatable bonds is 7. The number of hydrogen-bond acceptors (Lipinski definition) is 5. The molecule has 0 spiro atoms. The van der Waals surface area contributed by atoms with Gasteiger partial charge in [-0.25, -0.2) is 8.42 Å². The monoisotopic (exact) mass is 388 g/mol. The van der Waals surface area contributed by atoms with Crippen LogP contribution in [0.25, 0.3) is 0 Å². The molecule has 5 nitrogen and oxygen atoms in total. The van der Waals surface area contributed by atoms with Gasteiger partial charge in [-0.2, -0.15) is 0 Å². The van der Waals surface area contributed by atoms with Gasteiger partial charge in [-0.1, -0.05) is 13.0 Å². The topological polar surface area (TPSA) is 67.4 Å². The van der Waals surface area contributed by atoms with Gasteiger partial charge in [0.15, 0.2) is 0 Å². The first-order valence-corrected chi connectivity index (χ1v) is 10.4. The van der Waals surface area contributed by atoms with Crippen LogP contribution in [-0.2, 0) is 16.4 Å². The van der Waals surface area contributed by atoms with E-state index in [0.717, 1.165) is 28.4 Å². The van der Waals surface area contributed by atoms with Gasteiger partial charge in [-0.15, -0.1) is 11.3 Å². The molecule has 0 atom stereocenters. The zero-order chi connectivity index (χ0) is 18.6. The molecule has 0 saturated heterocycles. The van der Waals surface area contributed by atoms with Crippen LogP contribution >= 0.6 is 11.3 Å². The maximum atomic E-state index is 12.4. The summed E-state index contributed by atoms with van der Waals surface area (Å²) < 4.78 is 33.0. The summed E-state index contributed by atoms with van der Waals surface area (Å²) >= 11 is 1.29. The molecule has 1 aromatic heterocycles. The van der Waals surface area contributed by atoms with Crippen LogP contribution in [0.15, 0.2) is 64.9 Å². The molecule has 1 heterocycles. The summed E-state index contributed by atoms with van der Waals surface area (Å²) in [6, 6.07) is 18.2. The number of aryl methyl sites for hydroxylation is 1. The molecule has 0 aliphatic carbocycles. The van der Waals surface area contributed by atoms with Crippen molar-refractivity contribution in [1.29, 1.82) is 0 Å². The van der Waals surface area contributed by atoms with Gasteiger partial charge < -0.3 is 10.1 Å². The lowest BCUT2D eigenvalue weighted by molar-refractivity contribution is 0.415. The summed E-state index contributed by atoms with van der Waals surface area (Å²) in [5.74, 6) is 0.766. The maximum absolute atomic E-state index is 12.4. The van der Waals surface area contributed by atoms with Gasteiger partial charge in [0.1, 0.15) is 9.96 Å². The molecular weight excluding hydrogens is 368 g/mol. The molecule has 2 aromatic carbocycles. The maximum Gasteiger partial charge on any atom is 0.271 e. The normalized spacial score (nSPS) is 11.2. The lowest BCUT2D eigenvalue weighted by Crippen LogP contribution is -2.11. The summed E-state index contributed by atoms with van der Waals surface area (Å²) in [4.78, 5) is 1.04. The first kappa shape index (κ1) is 18.3. The summed E-state index contributed by atoms with van der Waals surface area (Å²) in [6.45, 7) is 2.00. The lowest BCUT2D eigenvalue weighted by Gasteiger charge is -2.10. The molecule has 0 aliphatic rings. The smallest absolute Gasteiger partial charge is 0.271 e. The van der Waals surface area contributed by atoms with Gasteiger partial charge in [-0.05, 0) is 55.0 Å². The second-order valence-electron chi connectivity index (χ2n) is 5.61. The predicted molar refractivity (Wildman–Crippen MR) is 107 cm³/mol. The van der Waals surface area contributed by atoms with Crippen LogP contribution in [0.1, 0.15) is 11.8 Å². The highest BCUT2D eigenvalue weighted by molar-refractivity contribution is 7.94. The van der Waals surface area contributed by atoms with Crippen molar-refractivity contribution in [3.8, 4) is 5.75 Å². The van der Waals surface area contributed by atoms with Crippen molar-refractivity contribution in [2.45, 2.75) is 17.6 Å². The molecular formula is C19H20N2O3S2. The largest absolute Gasteiger partial charge is 0.497 e. The van der Waals surface area contributed by atoms with Gasteiger partial charge in [0, 0.05) is 28.0 Å². The Morgan fingerprint density at radius 1 is 0.962 bits per heavy atom. The molecule has 0 saturated carbocycles. The van der Waals surface area contributed by atoms with Crippen LogP contribution in [-0.4, -0.2) is 15.5 Å². The van der Waals surface area contributed by atoms with E-state index in [-0.39, 0.29) is 0 Å². The average molecular weight is 389 g/mol. The molecule has 3 aromatic rings. The quantitative estimate of drug-likeness (QED) is 0.606. The Morgan fingerprint density at radius 2 is 1.69 bits per heavy atom. The Hall–Kier alpha value is -2.51. The number of anilines is 3. The van der Waals surface area contributed by atoms with Crippen molar-refractivity contribution in [2.24, 2.45) is 0 Å². The molecule has 0 radical (unpaired) electrons. The third-order valence-corrected chi connectivity index (χ3v) is 6.85. The van der Waals surface area contributed by atoms with E-state index in [4.69, 9.17) is 4.74 Å². The van der Waals surface area contributed by atoms with Crippen molar-refractivity contribution in [3.05, 3.63) is 65.5 Å². The van der Waals surface area contributed by atoms with Crippen LogP contribution in [0.5, 0.6) is 5.75 Å². The fraction of sp³-hybridized carbons (Fsp3) is 0.158. The highest BCUT2D eigenvalue weighted by Crippen LogP contribution is 2.26. The fourth-order valence-electron chi connectivity index (χ4n) is 2.39. The number of methoxy groups -OCH3 is 1. The van der Waals surface area contributed by atoms with Crippen LogP contribution in [0.4, 0.5) is 17.1 Å². The Kier molecular flexibility index (Phi) is 5.49. The Labute approximate surface area is 157 Å². The van der Waals surface area contributed by atoms with E-state index in [2.05, 4.69) is 10.0 Å². The summed E-state index contributed by atoms with van der Waals surface area (Å²) in [5, 5.41) is 3.26. The number of sulfonamides is 1. The van der Waals surface area contributed by atoms with Crippen LogP contribution in [0, 0.1) is 0 Å². The first-order chi connectivity index (χ1) is 12.5. The van der Waals surface area contributed by atoms with E-state index in [9.17, 15) is 8.42 Å². The molecule has 0 unspecified atom stereocenters. The van der Waals surface area contributed by atoms with Gasteiger partial charge >= 0.3 is 0 Å². The Bertz CT molecular complexity index is 980. The van der Waals surface area contributed by atoms with E-state index in [1.165, 1.54) is 11.3 Å². The molecule has 0 bridgehead atoms. The molecule has 0 amide bonds. The van der Waals surface area contributed by atoms with E-state index in [1.54, 1.807) is 25.3 Å². The second kappa shape index (κ2) is 7.80. The number of hydrogen-bond donors (Lipinski definition) is 2. The number of thiophene rings is 1. The summed E-state index contributed by atoms with van der Waals surface area (Å²) in [7, 11) is -1.93. The number of benzene rings is 2. The standard InChI is InChI=1S/C19H20N2O3S2/c1-3-18-11-12-19(25-18)26(22,23)21-15-9-7-14(8-10-15)20-16-5-4-6-17(13-16)24-2/h4-13,20-21H,3H2,1-2H3. The van der Waals surface area contributed by atoms with Crippen LogP contribution in [0.3, 0.4) is 0 Å². The van der Waals surface area contributed by atoms with Crippen molar-refractivity contribution in [3.63, 3.8) is 0 Å². The van der Waals surface area contributed by atoms with E-state index < -0.39 is 10.0 Å². The van der Waals surface area contributed by atoms with Crippen LogP contribution < -0.4 is 14.8 Å². The molecule has 3 rings (SSSR count). The van der Waals surface area contributed by atoms with Crippen molar-refractivity contribution < 1.29 is 13.2 Å². The first-order valence-electron chi connectivity index (χ1n) is 8.13. The van der Waals surface area contributed by atoms with E-state index in [0.29, 0.717) is 9.90 Å². The van der Waals surface area contributed by atoms with Crippen molar-refractivity contribution in [2.75, 3.05) is 17.1 Å². The third-order valence-electron chi connectivity index (χ3n) is 3.75. The van der Waals surface area contributed by atoms with Gasteiger partial charge in [0.2, 0.25) is 0 Å². The fourth-order valence-corrected chi connectivity index (χ4v) is 4.74. The SMILES string of the molecule is CCc1ccc(S(=O)(=O)Nc2ccc(Nc3cccc(OC)c3)cc2)s1. The van der Waals surface area contributed by atoms with E-state index >= 15 is 0 Å². The molecule has 7 heteroatoms. The number of ether oxygens (including phenoxy) is 1. The zero-order valence-corrected chi connectivity index (χ0v) is 16.2.